The van der Waals surface area contributed by atoms with Gasteiger partial charge in [0, 0.05) is 0 Å². The van der Waals surface area contributed by atoms with Crippen molar-refractivity contribution in [1.29, 1.82) is 0 Å². The third-order valence-electron chi connectivity index (χ3n) is 2.47. The number of aromatic nitrogens is 1. The van der Waals surface area contributed by atoms with Gasteiger partial charge in [-0.1, -0.05) is 19.9 Å². The summed E-state index contributed by atoms with van der Waals surface area (Å²) in [4.78, 5) is 4.32. The zero-order chi connectivity index (χ0) is 11.0. The summed E-state index contributed by atoms with van der Waals surface area (Å²) in [5.41, 5.74) is 13.8. The van der Waals surface area contributed by atoms with Gasteiger partial charge in [-0.15, -0.1) is 0 Å². The van der Waals surface area contributed by atoms with Crippen LogP contribution in [0.25, 0.3) is 11.1 Å². The molecule has 0 bridgehead atoms. The van der Waals surface area contributed by atoms with Crippen LogP contribution in [0.15, 0.2) is 22.6 Å². The molecule has 1 unspecified atom stereocenters. The minimum Gasteiger partial charge on any atom is -0.439 e. The number of benzene rings is 1. The molecule has 0 fully saturated rings. The van der Waals surface area contributed by atoms with Crippen LogP contribution in [0, 0.1) is 5.92 Å². The lowest BCUT2D eigenvalue weighted by Gasteiger charge is -2.10. The highest BCUT2D eigenvalue weighted by Crippen LogP contribution is 2.26. The Balaban J connectivity index is 2.52. The quantitative estimate of drug-likeness (QED) is 0.735. The van der Waals surface area contributed by atoms with E-state index in [0.717, 1.165) is 0 Å². The molecule has 4 N–H and O–H groups in total. The molecule has 0 radical (unpaired) electrons. The van der Waals surface area contributed by atoms with Crippen LogP contribution in [-0.4, -0.2) is 4.98 Å². The second-order valence-electron chi connectivity index (χ2n) is 4.02. The molecule has 0 saturated carbocycles. The molecule has 4 nitrogen and oxygen atoms in total. The van der Waals surface area contributed by atoms with E-state index in [0.29, 0.717) is 28.6 Å². The van der Waals surface area contributed by atoms with Crippen molar-refractivity contribution >= 4 is 16.8 Å². The van der Waals surface area contributed by atoms with E-state index in [1.165, 1.54) is 0 Å². The Morgan fingerprint density at radius 1 is 1.33 bits per heavy atom. The fraction of sp³-hybridized carbons (Fsp3) is 0.364. The minimum atomic E-state index is -0.184. The van der Waals surface area contributed by atoms with Gasteiger partial charge in [-0.25, -0.2) is 4.98 Å². The molecule has 0 saturated heterocycles. The van der Waals surface area contributed by atoms with Gasteiger partial charge in [0.2, 0.25) is 5.89 Å². The lowest BCUT2D eigenvalue weighted by atomic mass is 10.1. The number of nitrogen functional groups attached to an aromatic ring is 1. The molecular formula is C11H15N3O. The highest BCUT2D eigenvalue weighted by Gasteiger charge is 2.17. The third-order valence-corrected chi connectivity index (χ3v) is 2.47. The van der Waals surface area contributed by atoms with Crippen molar-refractivity contribution in [3.63, 3.8) is 0 Å². The summed E-state index contributed by atoms with van der Waals surface area (Å²) in [5.74, 6) is 0.845. The predicted octanol–water partition coefficient (Wildman–Crippen LogP) is 2.07. The summed E-state index contributed by atoms with van der Waals surface area (Å²) in [7, 11) is 0. The zero-order valence-corrected chi connectivity index (χ0v) is 8.90. The maximum absolute atomic E-state index is 5.95. The first-order valence-electron chi connectivity index (χ1n) is 5.00. The summed E-state index contributed by atoms with van der Waals surface area (Å²) in [6, 6.07) is 5.30. The average molecular weight is 205 g/mol. The molecule has 0 aliphatic heterocycles. The number of oxazole rings is 1. The van der Waals surface area contributed by atoms with Crippen molar-refractivity contribution in [3.05, 3.63) is 24.1 Å². The predicted molar refractivity (Wildman–Crippen MR) is 60.2 cm³/mol. The smallest absolute Gasteiger partial charge is 0.212 e. The maximum Gasteiger partial charge on any atom is 0.212 e. The molecule has 15 heavy (non-hydrogen) atoms. The van der Waals surface area contributed by atoms with Crippen LogP contribution in [0.3, 0.4) is 0 Å². The molecule has 0 aliphatic carbocycles. The van der Waals surface area contributed by atoms with Gasteiger partial charge in [0.1, 0.15) is 5.52 Å². The molecule has 80 valence electrons. The fourth-order valence-corrected chi connectivity index (χ4v) is 1.41. The van der Waals surface area contributed by atoms with Crippen molar-refractivity contribution < 1.29 is 4.42 Å². The van der Waals surface area contributed by atoms with Crippen molar-refractivity contribution in [1.82, 2.24) is 4.98 Å². The number of rotatable bonds is 2. The number of anilines is 1. The first-order chi connectivity index (χ1) is 7.09. The van der Waals surface area contributed by atoms with Gasteiger partial charge in [0.15, 0.2) is 5.58 Å². The number of nitrogens with two attached hydrogens (primary N) is 2. The Labute approximate surface area is 88.3 Å². The van der Waals surface area contributed by atoms with E-state index in [4.69, 9.17) is 15.9 Å². The van der Waals surface area contributed by atoms with Crippen LogP contribution in [0.1, 0.15) is 25.8 Å². The standard InChI is InChI=1S/C11H15N3O/c1-6(2)9(13)11-14-10-7(12)4-3-5-8(10)15-11/h3-6,9H,12-13H2,1-2H3. The van der Waals surface area contributed by atoms with E-state index in [1.54, 1.807) is 6.07 Å². The molecule has 0 spiro atoms. The van der Waals surface area contributed by atoms with E-state index in [1.807, 2.05) is 26.0 Å². The highest BCUT2D eigenvalue weighted by molar-refractivity contribution is 5.85. The van der Waals surface area contributed by atoms with Crippen molar-refractivity contribution in [2.75, 3.05) is 5.73 Å². The molecule has 1 heterocycles. The van der Waals surface area contributed by atoms with E-state index >= 15 is 0 Å². The molecule has 2 rings (SSSR count). The Kier molecular flexibility index (Phi) is 2.36. The Hall–Kier alpha value is -1.55. The molecule has 4 heteroatoms. The summed E-state index contributed by atoms with van der Waals surface area (Å²) in [5, 5.41) is 0. The van der Waals surface area contributed by atoms with Crippen LogP contribution in [0.4, 0.5) is 5.69 Å². The maximum atomic E-state index is 5.95. The first-order valence-corrected chi connectivity index (χ1v) is 5.00. The van der Waals surface area contributed by atoms with Gasteiger partial charge < -0.3 is 15.9 Å². The van der Waals surface area contributed by atoms with Gasteiger partial charge in [0.05, 0.1) is 11.7 Å². The number of fused-ring (bicyclic) bond motifs is 1. The topological polar surface area (TPSA) is 78.1 Å². The summed E-state index contributed by atoms with van der Waals surface area (Å²) >= 11 is 0. The molecule has 2 aromatic rings. The van der Waals surface area contributed by atoms with Gasteiger partial charge >= 0.3 is 0 Å². The van der Waals surface area contributed by atoms with Gasteiger partial charge in [0.25, 0.3) is 0 Å². The van der Waals surface area contributed by atoms with Crippen molar-refractivity contribution in [3.8, 4) is 0 Å². The second-order valence-corrected chi connectivity index (χ2v) is 4.02. The minimum absolute atomic E-state index is 0.184. The molecule has 0 aliphatic rings. The highest BCUT2D eigenvalue weighted by atomic mass is 16.3. The first kappa shape index (κ1) is 9.98. The number of hydrogen-bond acceptors (Lipinski definition) is 4. The normalized spacial score (nSPS) is 13.6. The largest absolute Gasteiger partial charge is 0.439 e. The van der Waals surface area contributed by atoms with Crippen LogP contribution in [0.2, 0.25) is 0 Å². The Morgan fingerprint density at radius 3 is 2.67 bits per heavy atom. The molecule has 1 atom stereocenters. The third kappa shape index (κ3) is 1.68. The van der Waals surface area contributed by atoms with Crippen molar-refractivity contribution in [2.24, 2.45) is 11.7 Å². The summed E-state index contributed by atoms with van der Waals surface area (Å²) in [6.45, 7) is 4.06. The van der Waals surface area contributed by atoms with Crippen LogP contribution < -0.4 is 11.5 Å². The van der Waals surface area contributed by atoms with Gasteiger partial charge in [-0.2, -0.15) is 0 Å². The zero-order valence-electron chi connectivity index (χ0n) is 8.90. The molecule has 1 aromatic heterocycles. The van der Waals surface area contributed by atoms with Gasteiger partial charge in [-0.05, 0) is 18.1 Å². The summed E-state index contributed by atoms with van der Waals surface area (Å²) in [6.07, 6.45) is 0. The van der Waals surface area contributed by atoms with Crippen LogP contribution >= 0.6 is 0 Å². The van der Waals surface area contributed by atoms with E-state index in [-0.39, 0.29) is 6.04 Å². The van der Waals surface area contributed by atoms with E-state index in [9.17, 15) is 0 Å². The lowest BCUT2D eigenvalue weighted by Crippen LogP contribution is -2.16. The fourth-order valence-electron chi connectivity index (χ4n) is 1.41. The number of nitrogens with zero attached hydrogens (tertiary/aromatic N) is 1. The van der Waals surface area contributed by atoms with Crippen LogP contribution in [-0.2, 0) is 0 Å². The molecule has 1 aromatic carbocycles. The SMILES string of the molecule is CC(C)C(N)c1nc2c(N)cccc2o1. The molecular weight excluding hydrogens is 190 g/mol. The number of hydrogen-bond donors (Lipinski definition) is 2. The van der Waals surface area contributed by atoms with Crippen LogP contribution in [0.5, 0.6) is 0 Å². The Morgan fingerprint density at radius 2 is 2.07 bits per heavy atom. The Bertz CT molecular complexity index is 476. The molecule has 0 amide bonds. The second kappa shape index (κ2) is 3.55. The monoisotopic (exact) mass is 205 g/mol. The average Bonchev–Trinajstić information content (AvgIpc) is 2.61. The summed E-state index contributed by atoms with van der Waals surface area (Å²) < 4.78 is 5.56. The van der Waals surface area contributed by atoms with E-state index < -0.39 is 0 Å². The number of para-hydroxylation sites is 1. The van der Waals surface area contributed by atoms with E-state index in [2.05, 4.69) is 4.98 Å². The van der Waals surface area contributed by atoms with Gasteiger partial charge in [-0.3, -0.25) is 0 Å². The lowest BCUT2D eigenvalue weighted by molar-refractivity contribution is 0.403. The van der Waals surface area contributed by atoms with Crippen molar-refractivity contribution in [2.45, 2.75) is 19.9 Å².